The van der Waals surface area contributed by atoms with Crippen LogP contribution in [0.15, 0.2) is 0 Å². The van der Waals surface area contributed by atoms with E-state index in [1.807, 2.05) is 0 Å². The van der Waals surface area contributed by atoms with Gasteiger partial charge in [-0.15, -0.1) is 0 Å². The van der Waals surface area contributed by atoms with Crippen LogP contribution in [0.5, 0.6) is 0 Å². The Labute approximate surface area is 51.8 Å². The molecule has 0 aromatic rings. The lowest BCUT2D eigenvalue weighted by molar-refractivity contribution is 0.0921. The van der Waals surface area contributed by atoms with E-state index in [9.17, 15) is 17.2 Å². The predicted molar refractivity (Wildman–Crippen MR) is 28.0 cm³/mol. The summed E-state index contributed by atoms with van der Waals surface area (Å²) in [4.78, 5) is 0. The van der Waals surface area contributed by atoms with E-state index in [-0.39, 0.29) is 12.2 Å². The van der Waals surface area contributed by atoms with Crippen LogP contribution in [-0.2, 0) is 9.84 Å². The van der Waals surface area contributed by atoms with Crippen molar-refractivity contribution in [2.24, 2.45) is 0 Å². The van der Waals surface area contributed by atoms with Crippen LogP contribution in [-0.4, -0.2) is 19.4 Å². The lowest BCUT2D eigenvalue weighted by atomic mass is 10.4. The molecular weight excluding hydrogens is 150 g/mol. The van der Waals surface area contributed by atoms with Gasteiger partial charge < -0.3 is 0 Å². The van der Waals surface area contributed by atoms with Crippen LogP contribution in [0.1, 0.15) is 12.8 Å². The highest BCUT2D eigenvalue weighted by molar-refractivity contribution is 7.92. The fourth-order valence-electron chi connectivity index (χ4n) is 0.773. The topological polar surface area (TPSA) is 34.1 Å². The van der Waals surface area contributed by atoms with Crippen molar-refractivity contribution in [3.8, 4) is 0 Å². The van der Waals surface area contributed by atoms with Crippen molar-refractivity contribution >= 4 is 9.84 Å². The zero-order valence-corrected chi connectivity index (χ0v) is 5.42. The summed E-state index contributed by atoms with van der Waals surface area (Å²) < 4.78 is 44.9. The Morgan fingerprint density at radius 2 is 1.89 bits per heavy atom. The largest absolute Gasteiger partial charge is 0.345 e. The normalized spacial score (nSPS) is 30.4. The third-order valence-corrected chi connectivity index (χ3v) is 3.28. The summed E-state index contributed by atoms with van der Waals surface area (Å²) in [6.07, 6.45) is -0.412. The number of alkyl halides is 2. The fraction of sp³-hybridized carbons (Fsp3) is 1.00. The molecule has 9 heavy (non-hydrogen) atoms. The molecule has 1 fully saturated rings. The number of hydrogen-bond acceptors (Lipinski definition) is 2. The molecule has 1 rings (SSSR count). The van der Waals surface area contributed by atoms with Crippen molar-refractivity contribution in [3.05, 3.63) is 0 Å². The van der Waals surface area contributed by atoms with E-state index in [1.165, 1.54) is 0 Å². The van der Waals surface area contributed by atoms with Crippen LogP contribution in [0.2, 0.25) is 0 Å². The second kappa shape index (κ2) is 1.65. The summed E-state index contributed by atoms with van der Waals surface area (Å²) in [5.74, 6) is -0.361. The molecule has 5 heteroatoms. The molecule has 0 aromatic heterocycles. The Morgan fingerprint density at radius 3 is 2.00 bits per heavy atom. The Bertz CT molecular complexity index is 207. The smallest absolute Gasteiger partial charge is 0.223 e. The van der Waals surface area contributed by atoms with E-state index in [0.29, 0.717) is 0 Å². The van der Waals surface area contributed by atoms with Gasteiger partial charge in [0, 0.05) is 6.42 Å². The van der Waals surface area contributed by atoms with E-state index in [4.69, 9.17) is 0 Å². The predicted octanol–water partition coefficient (Wildman–Crippen LogP) is 0.788. The molecular formula is C4H6F2O2S. The van der Waals surface area contributed by atoms with Crippen molar-refractivity contribution in [2.45, 2.75) is 18.1 Å². The zero-order chi connectivity index (χ0) is 7.12. The summed E-state index contributed by atoms with van der Waals surface area (Å²) in [5, 5.41) is -3.44. The molecule has 0 radical (unpaired) electrons. The molecule has 0 atom stereocenters. The summed E-state index contributed by atoms with van der Waals surface area (Å²) in [7, 11) is -4.06. The molecule has 2 nitrogen and oxygen atoms in total. The van der Waals surface area contributed by atoms with Gasteiger partial charge in [0.15, 0.2) is 0 Å². The highest BCUT2D eigenvalue weighted by Crippen LogP contribution is 2.34. The number of rotatable bonds is 0. The van der Waals surface area contributed by atoms with Crippen LogP contribution in [0.3, 0.4) is 0 Å². The van der Waals surface area contributed by atoms with E-state index in [0.717, 1.165) is 0 Å². The van der Waals surface area contributed by atoms with Crippen molar-refractivity contribution in [3.63, 3.8) is 0 Å². The second-order valence-electron chi connectivity index (χ2n) is 2.06. The average molecular weight is 156 g/mol. The van der Waals surface area contributed by atoms with Gasteiger partial charge in [0.2, 0.25) is 9.84 Å². The maximum atomic E-state index is 12.1. The van der Waals surface area contributed by atoms with E-state index < -0.39 is 21.5 Å². The minimum absolute atomic E-state index is 0.0926. The summed E-state index contributed by atoms with van der Waals surface area (Å²) >= 11 is 0. The van der Waals surface area contributed by atoms with Crippen LogP contribution in [0.4, 0.5) is 8.78 Å². The fourth-order valence-corrected chi connectivity index (χ4v) is 2.05. The first-order valence-corrected chi connectivity index (χ1v) is 4.21. The van der Waals surface area contributed by atoms with Crippen molar-refractivity contribution < 1.29 is 17.2 Å². The van der Waals surface area contributed by atoms with Crippen LogP contribution in [0, 0.1) is 0 Å². The van der Waals surface area contributed by atoms with Gasteiger partial charge in [-0.1, -0.05) is 0 Å². The molecule has 0 amide bonds. The van der Waals surface area contributed by atoms with Gasteiger partial charge in [-0.3, -0.25) is 0 Å². The molecule has 0 N–H and O–H groups in total. The maximum absolute atomic E-state index is 12.1. The molecule has 0 aromatic carbocycles. The number of sulfone groups is 1. The lowest BCUT2D eigenvalue weighted by Gasteiger charge is -2.04. The van der Waals surface area contributed by atoms with Gasteiger partial charge in [0.25, 0.3) is 0 Å². The summed E-state index contributed by atoms with van der Waals surface area (Å²) in [6.45, 7) is 0. The zero-order valence-electron chi connectivity index (χ0n) is 4.60. The van der Waals surface area contributed by atoms with Crippen molar-refractivity contribution in [1.29, 1.82) is 0 Å². The van der Waals surface area contributed by atoms with Gasteiger partial charge in [-0.25, -0.2) is 8.42 Å². The molecule has 1 heterocycles. The monoisotopic (exact) mass is 156 g/mol. The van der Waals surface area contributed by atoms with Crippen LogP contribution >= 0.6 is 0 Å². The highest BCUT2D eigenvalue weighted by atomic mass is 32.2. The van der Waals surface area contributed by atoms with Gasteiger partial charge in [-0.2, -0.15) is 8.78 Å². The standard InChI is InChI=1S/C4H6F2O2S/c5-4(6)2-1-3-9(4,7)8/h1-3H2. The molecule has 1 aliphatic rings. The third-order valence-electron chi connectivity index (χ3n) is 1.34. The quantitative estimate of drug-likeness (QED) is 0.519. The van der Waals surface area contributed by atoms with Crippen LogP contribution in [0.25, 0.3) is 0 Å². The summed E-state index contributed by atoms with van der Waals surface area (Å²) in [6, 6.07) is 0. The molecule has 54 valence electrons. The Kier molecular flexibility index (Phi) is 1.27. The SMILES string of the molecule is O=S1(=O)CCCC1(F)F. The number of halogens is 2. The molecule has 0 saturated carbocycles. The van der Waals surface area contributed by atoms with E-state index in [2.05, 4.69) is 0 Å². The minimum Gasteiger partial charge on any atom is -0.223 e. The Morgan fingerprint density at radius 1 is 1.33 bits per heavy atom. The van der Waals surface area contributed by atoms with Crippen molar-refractivity contribution in [1.82, 2.24) is 0 Å². The third kappa shape index (κ3) is 0.933. The minimum atomic E-state index is -4.06. The van der Waals surface area contributed by atoms with Gasteiger partial charge in [-0.05, 0) is 6.42 Å². The van der Waals surface area contributed by atoms with Gasteiger partial charge >= 0.3 is 5.25 Å². The highest BCUT2D eigenvalue weighted by Gasteiger charge is 2.48. The Hall–Kier alpha value is -0.190. The van der Waals surface area contributed by atoms with Gasteiger partial charge in [0.1, 0.15) is 0 Å². The Balaban J connectivity index is 3.03. The maximum Gasteiger partial charge on any atom is 0.345 e. The van der Waals surface area contributed by atoms with Crippen LogP contribution < -0.4 is 0 Å². The molecule has 1 saturated heterocycles. The lowest BCUT2D eigenvalue weighted by Crippen LogP contribution is -2.22. The van der Waals surface area contributed by atoms with E-state index in [1.54, 1.807) is 0 Å². The first-order chi connectivity index (χ1) is 3.96. The first-order valence-electron chi connectivity index (χ1n) is 2.56. The summed E-state index contributed by atoms with van der Waals surface area (Å²) in [5.41, 5.74) is 0. The number of hydrogen-bond donors (Lipinski definition) is 0. The molecule has 1 aliphatic heterocycles. The molecule has 0 unspecified atom stereocenters. The molecule has 0 spiro atoms. The second-order valence-corrected chi connectivity index (χ2v) is 4.29. The molecule has 0 aliphatic carbocycles. The van der Waals surface area contributed by atoms with E-state index >= 15 is 0 Å². The molecule has 0 bridgehead atoms. The van der Waals surface area contributed by atoms with Gasteiger partial charge in [0.05, 0.1) is 5.75 Å². The van der Waals surface area contributed by atoms with Crippen molar-refractivity contribution in [2.75, 3.05) is 5.75 Å². The first kappa shape index (κ1) is 6.92. The average Bonchev–Trinajstić information content (AvgIpc) is 1.81.